The molecule has 0 saturated heterocycles. The number of aromatic nitrogens is 1. The van der Waals surface area contributed by atoms with Crippen LogP contribution in [0.3, 0.4) is 0 Å². The van der Waals surface area contributed by atoms with Gasteiger partial charge in [-0.1, -0.05) is 30.3 Å². The topological polar surface area (TPSA) is 71.4 Å². The van der Waals surface area contributed by atoms with Crippen LogP contribution in [0.1, 0.15) is 35.8 Å². The maximum atomic E-state index is 12.1. The Kier molecular flexibility index (Phi) is 5.57. The average Bonchev–Trinajstić information content (AvgIpc) is 2.85. The van der Waals surface area contributed by atoms with Gasteiger partial charge >= 0.3 is 5.97 Å². The van der Waals surface area contributed by atoms with Crippen LogP contribution >= 0.6 is 0 Å². The van der Waals surface area contributed by atoms with E-state index in [2.05, 4.69) is 0 Å². The SMILES string of the molecule is CCOC(=O)c1cc(-c2ccccc2)n(CCCC(=O)[O-])c1C. The first-order chi connectivity index (χ1) is 11.0. The summed E-state index contributed by atoms with van der Waals surface area (Å²) in [6.45, 7) is 4.43. The smallest absolute Gasteiger partial charge is 0.339 e. The minimum atomic E-state index is -1.07. The first-order valence-electron chi connectivity index (χ1n) is 7.67. The lowest BCUT2D eigenvalue weighted by Crippen LogP contribution is -2.22. The molecule has 0 unspecified atom stereocenters. The van der Waals surface area contributed by atoms with Gasteiger partial charge in [0, 0.05) is 23.9 Å². The van der Waals surface area contributed by atoms with Crippen LogP contribution in [0.5, 0.6) is 0 Å². The van der Waals surface area contributed by atoms with Gasteiger partial charge in [0.25, 0.3) is 0 Å². The lowest BCUT2D eigenvalue weighted by atomic mass is 10.1. The number of carbonyl (C=O) groups excluding carboxylic acids is 2. The molecule has 5 nitrogen and oxygen atoms in total. The third-order valence-electron chi connectivity index (χ3n) is 3.69. The Hall–Kier alpha value is -2.56. The number of aliphatic carboxylic acids is 1. The minimum absolute atomic E-state index is 0.0133. The molecule has 0 saturated carbocycles. The molecule has 0 aliphatic rings. The van der Waals surface area contributed by atoms with E-state index >= 15 is 0 Å². The van der Waals surface area contributed by atoms with Gasteiger partial charge in [0.1, 0.15) is 0 Å². The molecule has 1 aromatic carbocycles. The second kappa shape index (κ2) is 7.63. The zero-order valence-electron chi connectivity index (χ0n) is 13.4. The van der Waals surface area contributed by atoms with Crippen molar-refractivity contribution in [3.8, 4) is 11.3 Å². The van der Waals surface area contributed by atoms with Gasteiger partial charge in [-0.3, -0.25) is 0 Å². The van der Waals surface area contributed by atoms with Crippen LogP contribution < -0.4 is 5.11 Å². The van der Waals surface area contributed by atoms with Gasteiger partial charge in [-0.05, 0) is 38.3 Å². The van der Waals surface area contributed by atoms with Gasteiger partial charge in [0.15, 0.2) is 0 Å². The number of rotatable bonds is 7. The molecule has 23 heavy (non-hydrogen) atoms. The van der Waals surface area contributed by atoms with Gasteiger partial charge in [0.05, 0.1) is 12.2 Å². The van der Waals surface area contributed by atoms with E-state index in [9.17, 15) is 14.7 Å². The molecule has 5 heteroatoms. The molecule has 1 aromatic heterocycles. The predicted octanol–water partition coefficient (Wildman–Crippen LogP) is 2.17. The minimum Gasteiger partial charge on any atom is -0.550 e. The molecular formula is C18H20NO4-. The quantitative estimate of drug-likeness (QED) is 0.734. The fourth-order valence-corrected chi connectivity index (χ4v) is 2.58. The number of nitrogens with zero attached hydrogens (tertiary/aromatic N) is 1. The molecule has 0 radical (unpaired) electrons. The van der Waals surface area contributed by atoms with Crippen molar-refractivity contribution >= 4 is 11.9 Å². The summed E-state index contributed by atoms with van der Waals surface area (Å²) in [5.74, 6) is -1.43. The summed E-state index contributed by atoms with van der Waals surface area (Å²) in [6, 6.07) is 11.5. The van der Waals surface area contributed by atoms with Crippen LogP contribution in [-0.2, 0) is 16.1 Å². The molecule has 0 amide bonds. The first kappa shape index (κ1) is 16.8. The Labute approximate surface area is 135 Å². The zero-order chi connectivity index (χ0) is 16.8. The Morgan fingerprint density at radius 3 is 2.52 bits per heavy atom. The number of benzene rings is 1. The molecular weight excluding hydrogens is 294 g/mol. The van der Waals surface area contributed by atoms with Gasteiger partial charge in [-0.25, -0.2) is 4.79 Å². The highest BCUT2D eigenvalue weighted by Crippen LogP contribution is 2.27. The van der Waals surface area contributed by atoms with Crippen LogP contribution in [0.25, 0.3) is 11.3 Å². The zero-order valence-corrected chi connectivity index (χ0v) is 13.4. The lowest BCUT2D eigenvalue weighted by molar-refractivity contribution is -0.305. The van der Waals surface area contributed by atoms with Crippen molar-refractivity contribution in [2.45, 2.75) is 33.2 Å². The standard InChI is InChI=1S/C18H21NO4/c1-3-23-18(22)15-12-16(14-8-5-4-6-9-14)19(13(15)2)11-7-10-17(20)21/h4-6,8-9,12H,3,7,10-11H2,1-2H3,(H,20,21)/p-1. The fraction of sp³-hybridized carbons (Fsp3) is 0.333. The van der Waals surface area contributed by atoms with Gasteiger partial charge in [-0.2, -0.15) is 0 Å². The maximum absolute atomic E-state index is 12.1. The molecule has 0 N–H and O–H groups in total. The maximum Gasteiger partial charge on any atom is 0.339 e. The highest BCUT2D eigenvalue weighted by atomic mass is 16.5. The Morgan fingerprint density at radius 1 is 1.22 bits per heavy atom. The number of carbonyl (C=O) groups is 2. The van der Waals surface area contributed by atoms with Crippen LogP contribution in [0.4, 0.5) is 0 Å². The molecule has 2 rings (SSSR count). The normalized spacial score (nSPS) is 10.5. The van der Waals surface area contributed by atoms with Crippen LogP contribution in [-0.4, -0.2) is 23.1 Å². The van der Waals surface area contributed by atoms with Crippen molar-refractivity contribution in [3.05, 3.63) is 47.7 Å². The van der Waals surface area contributed by atoms with Gasteiger partial charge in [0.2, 0.25) is 0 Å². The number of esters is 1. The highest BCUT2D eigenvalue weighted by molar-refractivity contribution is 5.92. The van der Waals surface area contributed by atoms with E-state index in [0.29, 0.717) is 25.1 Å². The van der Waals surface area contributed by atoms with E-state index in [4.69, 9.17) is 4.74 Å². The number of carboxylic acids is 1. The summed E-state index contributed by atoms with van der Waals surface area (Å²) in [7, 11) is 0. The second-order valence-electron chi connectivity index (χ2n) is 5.24. The number of ether oxygens (including phenoxy) is 1. The van der Waals surface area contributed by atoms with Gasteiger partial charge < -0.3 is 19.2 Å². The molecule has 0 spiro atoms. The molecule has 0 aliphatic carbocycles. The van der Waals surface area contributed by atoms with Crippen LogP contribution in [0.15, 0.2) is 36.4 Å². The summed E-state index contributed by atoms with van der Waals surface area (Å²) in [4.78, 5) is 22.7. The van der Waals surface area contributed by atoms with Crippen molar-refractivity contribution in [1.82, 2.24) is 4.57 Å². The van der Waals surface area contributed by atoms with E-state index in [1.165, 1.54) is 0 Å². The monoisotopic (exact) mass is 314 g/mol. The van der Waals surface area contributed by atoms with Crippen molar-refractivity contribution in [2.75, 3.05) is 6.61 Å². The third-order valence-corrected chi connectivity index (χ3v) is 3.69. The van der Waals surface area contributed by atoms with E-state index in [1.54, 1.807) is 6.92 Å². The summed E-state index contributed by atoms with van der Waals surface area (Å²) in [5, 5.41) is 10.6. The molecule has 0 fully saturated rings. The molecule has 2 aromatic rings. The van der Waals surface area contributed by atoms with Crippen LogP contribution in [0.2, 0.25) is 0 Å². The predicted molar refractivity (Wildman–Crippen MR) is 84.8 cm³/mol. The van der Waals surface area contributed by atoms with Crippen molar-refractivity contribution in [1.29, 1.82) is 0 Å². The van der Waals surface area contributed by atoms with E-state index in [-0.39, 0.29) is 12.4 Å². The molecule has 122 valence electrons. The summed E-state index contributed by atoms with van der Waals surface area (Å²) in [5.41, 5.74) is 3.14. The number of carboxylic acid groups (broad SMARTS) is 1. The lowest BCUT2D eigenvalue weighted by Gasteiger charge is -2.12. The largest absolute Gasteiger partial charge is 0.550 e. The Morgan fingerprint density at radius 2 is 1.91 bits per heavy atom. The van der Waals surface area contributed by atoms with Crippen LogP contribution in [0, 0.1) is 6.92 Å². The van der Waals surface area contributed by atoms with Crippen molar-refractivity contribution < 1.29 is 19.4 Å². The third kappa shape index (κ3) is 4.00. The summed E-state index contributed by atoms with van der Waals surface area (Å²) in [6.07, 6.45) is 0.431. The fourth-order valence-electron chi connectivity index (χ4n) is 2.58. The molecule has 0 atom stereocenters. The van der Waals surface area contributed by atoms with E-state index in [0.717, 1.165) is 17.0 Å². The molecule has 0 aliphatic heterocycles. The van der Waals surface area contributed by atoms with Crippen molar-refractivity contribution in [2.24, 2.45) is 0 Å². The summed E-state index contributed by atoms with van der Waals surface area (Å²) >= 11 is 0. The number of hydrogen-bond acceptors (Lipinski definition) is 4. The Balaban J connectivity index is 2.39. The average molecular weight is 314 g/mol. The van der Waals surface area contributed by atoms with E-state index < -0.39 is 5.97 Å². The van der Waals surface area contributed by atoms with Crippen molar-refractivity contribution in [3.63, 3.8) is 0 Å². The Bertz CT molecular complexity index is 689. The molecule has 0 bridgehead atoms. The number of hydrogen-bond donors (Lipinski definition) is 0. The van der Waals surface area contributed by atoms with Gasteiger partial charge in [-0.15, -0.1) is 0 Å². The first-order valence-corrected chi connectivity index (χ1v) is 7.67. The highest BCUT2D eigenvalue weighted by Gasteiger charge is 2.19. The molecule has 1 heterocycles. The second-order valence-corrected chi connectivity index (χ2v) is 5.24. The summed E-state index contributed by atoms with van der Waals surface area (Å²) < 4.78 is 7.06. The van der Waals surface area contributed by atoms with E-state index in [1.807, 2.05) is 47.9 Å².